The smallest absolute Gasteiger partial charge is 0.408 e. The predicted molar refractivity (Wildman–Crippen MR) is 104 cm³/mol. The minimum absolute atomic E-state index is 0.0204. The zero-order valence-electron chi connectivity index (χ0n) is 16.1. The summed E-state index contributed by atoms with van der Waals surface area (Å²) in [6, 6.07) is 0.732. The summed E-state index contributed by atoms with van der Waals surface area (Å²) in [7, 11) is 0. The normalized spacial score (nSPS) is 12.9. The topological polar surface area (TPSA) is 90.4 Å². The molecule has 162 valence electrons. The summed E-state index contributed by atoms with van der Waals surface area (Å²) in [5.41, 5.74) is 5.73. The van der Waals surface area contributed by atoms with Gasteiger partial charge in [-0.15, -0.1) is 0 Å². The lowest BCUT2D eigenvalue weighted by molar-refractivity contribution is -0.138. The summed E-state index contributed by atoms with van der Waals surface area (Å²) in [6.07, 6.45) is -2.86. The van der Waals surface area contributed by atoms with E-state index in [2.05, 4.69) is 20.4 Å². The van der Waals surface area contributed by atoms with Gasteiger partial charge in [0.05, 0.1) is 12.2 Å². The van der Waals surface area contributed by atoms with Crippen molar-refractivity contribution in [3.05, 3.63) is 35.0 Å². The van der Waals surface area contributed by atoms with Gasteiger partial charge in [0.2, 0.25) is 0 Å². The summed E-state index contributed by atoms with van der Waals surface area (Å²) in [4.78, 5) is 7.89. The SMILES string of the molecule is Cc1cc(OCCCN)cc(F)c1-c1c(Cl)nc2ncnn2c1NC(C)C(F)(F)F. The monoisotopic (exact) mass is 446 g/mol. The van der Waals surface area contributed by atoms with Crippen LogP contribution in [0.5, 0.6) is 5.75 Å². The first kappa shape index (κ1) is 22.0. The Hall–Kier alpha value is -2.66. The number of ether oxygens (including phenoxy) is 1. The van der Waals surface area contributed by atoms with Gasteiger partial charge in [-0.1, -0.05) is 11.6 Å². The molecule has 30 heavy (non-hydrogen) atoms. The Balaban J connectivity index is 2.16. The van der Waals surface area contributed by atoms with Gasteiger partial charge in [-0.2, -0.15) is 32.8 Å². The number of fused-ring (bicyclic) bond motifs is 1. The Bertz CT molecular complexity index is 1030. The van der Waals surface area contributed by atoms with E-state index in [0.717, 1.165) is 23.8 Å². The van der Waals surface area contributed by atoms with Crippen LogP contribution in [0, 0.1) is 12.7 Å². The number of aryl methyl sites for hydroxylation is 1. The molecule has 0 fully saturated rings. The predicted octanol–water partition coefficient (Wildman–Crippen LogP) is 3.98. The maximum atomic E-state index is 15.1. The van der Waals surface area contributed by atoms with E-state index in [1.165, 1.54) is 0 Å². The number of halogens is 5. The lowest BCUT2D eigenvalue weighted by Gasteiger charge is -2.22. The van der Waals surface area contributed by atoms with E-state index in [4.69, 9.17) is 22.1 Å². The van der Waals surface area contributed by atoms with E-state index in [1.807, 2.05) is 0 Å². The summed E-state index contributed by atoms with van der Waals surface area (Å²) in [5, 5.41) is 6.02. The number of aromatic nitrogens is 4. The van der Waals surface area contributed by atoms with Crippen molar-refractivity contribution in [2.75, 3.05) is 18.5 Å². The van der Waals surface area contributed by atoms with Crippen LogP contribution in [-0.2, 0) is 0 Å². The highest BCUT2D eigenvalue weighted by Crippen LogP contribution is 2.40. The lowest BCUT2D eigenvalue weighted by atomic mass is 10.0. The second-order valence-corrected chi connectivity index (χ2v) is 6.95. The van der Waals surface area contributed by atoms with Crippen molar-refractivity contribution in [1.29, 1.82) is 0 Å². The molecule has 0 saturated carbocycles. The largest absolute Gasteiger partial charge is 0.493 e. The summed E-state index contributed by atoms with van der Waals surface area (Å²) < 4.78 is 61.2. The van der Waals surface area contributed by atoms with Gasteiger partial charge in [0.15, 0.2) is 0 Å². The first-order valence-electron chi connectivity index (χ1n) is 8.99. The third-order valence-corrected chi connectivity index (χ3v) is 4.63. The van der Waals surface area contributed by atoms with Crippen molar-refractivity contribution in [3.63, 3.8) is 0 Å². The van der Waals surface area contributed by atoms with Crippen LogP contribution in [0.3, 0.4) is 0 Å². The molecule has 0 bridgehead atoms. The Labute approximate surface area is 174 Å². The molecular weight excluding hydrogens is 428 g/mol. The molecule has 0 aliphatic carbocycles. The molecule has 0 radical (unpaired) electrons. The first-order valence-corrected chi connectivity index (χ1v) is 9.37. The zero-order valence-corrected chi connectivity index (χ0v) is 16.9. The van der Waals surface area contributed by atoms with Gasteiger partial charge in [-0.05, 0) is 38.4 Å². The molecule has 2 aromatic heterocycles. The molecule has 1 unspecified atom stereocenters. The van der Waals surface area contributed by atoms with E-state index < -0.39 is 18.0 Å². The van der Waals surface area contributed by atoms with Crippen LogP contribution in [0.25, 0.3) is 16.9 Å². The number of nitrogens with one attached hydrogen (secondary N) is 1. The van der Waals surface area contributed by atoms with Crippen LogP contribution in [0.1, 0.15) is 18.9 Å². The van der Waals surface area contributed by atoms with Gasteiger partial charge in [-0.3, -0.25) is 0 Å². The van der Waals surface area contributed by atoms with Crippen molar-refractivity contribution < 1.29 is 22.3 Å². The third-order valence-electron chi connectivity index (χ3n) is 4.36. The molecule has 3 aromatic rings. The minimum atomic E-state index is -4.56. The maximum absolute atomic E-state index is 15.1. The molecule has 0 aliphatic rings. The number of hydrogen-bond acceptors (Lipinski definition) is 6. The van der Waals surface area contributed by atoms with Gasteiger partial charge in [-0.25, -0.2) is 4.39 Å². The summed E-state index contributed by atoms with van der Waals surface area (Å²) in [5.74, 6) is -0.665. The van der Waals surface area contributed by atoms with Crippen molar-refractivity contribution >= 4 is 23.2 Å². The molecule has 1 aromatic carbocycles. The maximum Gasteiger partial charge on any atom is 0.408 e. The number of nitrogens with two attached hydrogens (primary N) is 1. The van der Waals surface area contributed by atoms with Gasteiger partial charge in [0, 0.05) is 11.6 Å². The second-order valence-electron chi connectivity index (χ2n) is 6.59. The van der Waals surface area contributed by atoms with E-state index in [9.17, 15) is 13.2 Å². The highest BCUT2D eigenvalue weighted by atomic mass is 35.5. The molecule has 3 N–H and O–H groups in total. The molecule has 2 heterocycles. The van der Waals surface area contributed by atoms with E-state index in [0.29, 0.717) is 25.1 Å². The minimum Gasteiger partial charge on any atom is -0.493 e. The second kappa shape index (κ2) is 8.60. The van der Waals surface area contributed by atoms with E-state index >= 15 is 4.39 Å². The van der Waals surface area contributed by atoms with Crippen molar-refractivity contribution in [1.82, 2.24) is 19.6 Å². The third kappa shape index (κ3) is 4.41. The number of benzene rings is 1. The van der Waals surface area contributed by atoms with Gasteiger partial charge in [0.1, 0.15) is 34.9 Å². The van der Waals surface area contributed by atoms with Crippen LogP contribution in [0.15, 0.2) is 18.5 Å². The Morgan fingerprint density at radius 3 is 2.67 bits per heavy atom. The first-order chi connectivity index (χ1) is 14.1. The molecule has 0 amide bonds. The Kier molecular flexibility index (Phi) is 6.32. The van der Waals surface area contributed by atoms with Crippen molar-refractivity contribution in [2.45, 2.75) is 32.5 Å². The molecular formula is C18H19ClF4N6O. The van der Waals surface area contributed by atoms with Crippen LogP contribution >= 0.6 is 11.6 Å². The van der Waals surface area contributed by atoms with Crippen molar-refractivity contribution in [3.8, 4) is 16.9 Å². The number of alkyl halides is 3. The lowest BCUT2D eigenvalue weighted by Crippen LogP contribution is -2.34. The van der Waals surface area contributed by atoms with Crippen LogP contribution in [-0.4, -0.2) is 45.0 Å². The van der Waals surface area contributed by atoms with Gasteiger partial charge >= 0.3 is 6.18 Å². The highest BCUT2D eigenvalue weighted by molar-refractivity contribution is 6.33. The highest BCUT2D eigenvalue weighted by Gasteiger charge is 2.37. The summed E-state index contributed by atoms with van der Waals surface area (Å²) in [6.45, 7) is 3.24. The fourth-order valence-corrected chi connectivity index (χ4v) is 3.10. The molecule has 12 heteroatoms. The molecule has 0 spiro atoms. The molecule has 0 saturated heterocycles. The molecule has 0 aliphatic heterocycles. The fourth-order valence-electron chi connectivity index (χ4n) is 2.84. The average Bonchev–Trinajstić information content (AvgIpc) is 3.10. The number of anilines is 1. The number of hydrogen-bond donors (Lipinski definition) is 2. The Morgan fingerprint density at radius 1 is 1.30 bits per heavy atom. The molecule has 3 rings (SSSR count). The number of rotatable bonds is 7. The Morgan fingerprint density at radius 2 is 2.03 bits per heavy atom. The standard InChI is InChI=1S/C18H19ClF4N6O/c1-9-6-11(30-5-3-4-24)7-12(20)13(9)14-15(19)28-17-25-8-26-29(17)16(14)27-10(2)18(21,22)23/h6-8,10,27H,3-5,24H2,1-2H3. The molecule has 1 atom stereocenters. The van der Waals surface area contributed by atoms with E-state index in [1.54, 1.807) is 13.0 Å². The van der Waals surface area contributed by atoms with Crippen LogP contribution in [0.4, 0.5) is 23.4 Å². The fraction of sp³-hybridized carbons (Fsp3) is 0.389. The number of nitrogens with zero attached hydrogens (tertiary/aromatic N) is 4. The van der Waals surface area contributed by atoms with Gasteiger partial charge in [0.25, 0.3) is 5.78 Å². The van der Waals surface area contributed by atoms with Crippen LogP contribution in [0.2, 0.25) is 5.15 Å². The van der Waals surface area contributed by atoms with Gasteiger partial charge < -0.3 is 15.8 Å². The van der Waals surface area contributed by atoms with Crippen LogP contribution < -0.4 is 15.8 Å². The zero-order chi connectivity index (χ0) is 22.1. The average molecular weight is 447 g/mol. The quantitative estimate of drug-likeness (QED) is 0.324. The molecule has 7 nitrogen and oxygen atoms in total. The van der Waals surface area contributed by atoms with E-state index in [-0.39, 0.29) is 33.6 Å². The summed E-state index contributed by atoms with van der Waals surface area (Å²) >= 11 is 6.26. The van der Waals surface area contributed by atoms with Crippen molar-refractivity contribution in [2.24, 2.45) is 5.73 Å².